The van der Waals surface area contributed by atoms with E-state index in [-0.39, 0.29) is 0 Å². The number of hydrazine groups is 1. The summed E-state index contributed by atoms with van der Waals surface area (Å²) in [7, 11) is 3.88. The molecule has 0 aliphatic carbocycles. The van der Waals surface area contributed by atoms with Crippen LogP contribution in [0.25, 0.3) is 0 Å². The first-order valence-electron chi connectivity index (χ1n) is 5.95. The van der Waals surface area contributed by atoms with Crippen LogP contribution >= 0.6 is 0 Å². The lowest BCUT2D eigenvalue weighted by Gasteiger charge is -2.12. The minimum atomic E-state index is 0.720. The molecular formula is C14H17N5. The Bertz CT molecular complexity index is 543. The van der Waals surface area contributed by atoms with Gasteiger partial charge in [-0.05, 0) is 48.5 Å². The highest BCUT2D eigenvalue weighted by Crippen LogP contribution is 2.20. The Balaban J connectivity index is 2.04. The Kier molecular flexibility index (Phi) is 4.10. The van der Waals surface area contributed by atoms with E-state index in [0.29, 0.717) is 0 Å². The maximum absolute atomic E-state index is 5.61. The Hall–Kier alpha value is -2.40. The lowest BCUT2D eigenvalue weighted by Crippen LogP contribution is -2.19. The highest BCUT2D eigenvalue weighted by molar-refractivity contribution is 5.51. The number of azo groups is 1. The van der Waals surface area contributed by atoms with E-state index in [9.17, 15) is 0 Å². The van der Waals surface area contributed by atoms with Crippen molar-refractivity contribution in [1.29, 1.82) is 0 Å². The predicted molar refractivity (Wildman–Crippen MR) is 78.8 cm³/mol. The van der Waals surface area contributed by atoms with Gasteiger partial charge in [-0.1, -0.05) is 0 Å². The fourth-order valence-electron chi connectivity index (χ4n) is 1.52. The number of hydrogen-bond acceptors (Lipinski definition) is 5. The first-order valence-corrected chi connectivity index (χ1v) is 5.95. The molecule has 0 fully saturated rings. The van der Waals surface area contributed by atoms with Gasteiger partial charge in [-0.15, -0.1) is 0 Å². The molecule has 0 amide bonds. The number of nitrogens with two attached hydrogens (primary N) is 1. The number of anilines is 2. The molecular weight excluding hydrogens is 238 g/mol. The van der Waals surface area contributed by atoms with Crippen molar-refractivity contribution in [1.82, 2.24) is 5.01 Å². The van der Waals surface area contributed by atoms with Crippen LogP contribution in [-0.2, 0) is 0 Å². The van der Waals surface area contributed by atoms with Gasteiger partial charge in [-0.25, -0.2) is 5.01 Å². The average Bonchev–Trinajstić information content (AvgIpc) is 2.39. The van der Waals surface area contributed by atoms with Crippen molar-refractivity contribution in [3.05, 3.63) is 48.5 Å². The van der Waals surface area contributed by atoms with Crippen LogP contribution in [0.15, 0.2) is 58.8 Å². The van der Waals surface area contributed by atoms with E-state index < -0.39 is 0 Å². The monoisotopic (exact) mass is 255 g/mol. The number of nitrogens with one attached hydrogen (secondary N) is 1. The molecule has 19 heavy (non-hydrogen) atoms. The van der Waals surface area contributed by atoms with Crippen molar-refractivity contribution in [2.45, 2.75) is 0 Å². The fourth-order valence-corrected chi connectivity index (χ4v) is 1.52. The summed E-state index contributed by atoms with van der Waals surface area (Å²) in [5.74, 6) is 0. The fraction of sp³-hybridized carbons (Fsp3) is 0.143. The SMILES string of the molecule is CN(C)Nc1ccc(N=Nc2ccc(N)cc2)cc1. The summed E-state index contributed by atoms with van der Waals surface area (Å²) in [6.07, 6.45) is 0. The predicted octanol–water partition coefficient (Wildman–Crippen LogP) is 3.57. The highest BCUT2D eigenvalue weighted by atomic mass is 15.5. The molecule has 0 aromatic heterocycles. The molecule has 0 heterocycles. The smallest absolute Gasteiger partial charge is 0.0858 e. The van der Waals surface area contributed by atoms with Crippen molar-refractivity contribution in [3.8, 4) is 0 Å². The quantitative estimate of drug-likeness (QED) is 0.498. The number of hydrogen-bond donors (Lipinski definition) is 2. The second kappa shape index (κ2) is 5.97. The largest absolute Gasteiger partial charge is 0.399 e. The Morgan fingerprint density at radius 3 is 1.79 bits per heavy atom. The van der Waals surface area contributed by atoms with Gasteiger partial charge in [0.25, 0.3) is 0 Å². The summed E-state index contributed by atoms with van der Waals surface area (Å²) in [6.45, 7) is 0. The zero-order valence-corrected chi connectivity index (χ0v) is 11.0. The standard InChI is InChI=1S/C14H17N5/c1-19(2)18-14-9-7-13(8-10-14)17-16-12-5-3-11(15)4-6-12/h3-10,18H,15H2,1-2H3. The molecule has 0 spiro atoms. The molecule has 0 unspecified atom stereocenters. The average molecular weight is 255 g/mol. The molecule has 2 rings (SSSR count). The summed E-state index contributed by atoms with van der Waals surface area (Å²) < 4.78 is 0. The topological polar surface area (TPSA) is 66.0 Å². The zero-order valence-electron chi connectivity index (χ0n) is 11.0. The first-order chi connectivity index (χ1) is 9.13. The summed E-state index contributed by atoms with van der Waals surface area (Å²) in [5.41, 5.74) is 12.1. The van der Waals surface area contributed by atoms with Gasteiger partial charge in [0, 0.05) is 25.5 Å². The van der Waals surface area contributed by atoms with Gasteiger partial charge in [0.1, 0.15) is 0 Å². The maximum Gasteiger partial charge on any atom is 0.0858 e. The number of benzene rings is 2. The van der Waals surface area contributed by atoms with Crippen molar-refractivity contribution in [3.63, 3.8) is 0 Å². The van der Waals surface area contributed by atoms with E-state index in [0.717, 1.165) is 22.7 Å². The zero-order chi connectivity index (χ0) is 13.7. The summed E-state index contributed by atoms with van der Waals surface area (Å²) >= 11 is 0. The summed E-state index contributed by atoms with van der Waals surface area (Å²) in [6, 6.07) is 15.0. The summed E-state index contributed by atoms with van der Waals surface area (Å²) in [5, 5.41) is 10.2. The van der Waals surface area contributed by atoms with Crippen molar-refractivity contribution in [2.24, 2.45) is 10.2 Å². The van der Waals surface area contributed by atoms with Gasteiger partial charge in [0.05, 0.1) is 11.4 Å². The van der Waals surface area contributed by atoms with Crippen LogP contribution in [0, 0.1) is 0 Å². The van der Waals surface area contributed by atoms with Crippen molar-refractivity contribution in [2.75, 3.05) is 25.3 Å². The van der Waals surface area contributed by atoms with E-state index in [2.05, 4.69) is 15.7 Å². The van der Waals surface area contributed by atoms with Crippen LogP contribution in [0.5, 0.6) is 0 Å². The normalized spacial score (nSPS) is 11.1. The molecule has 0 atom stereocenters. The number of nitrogen functional groups attached to an aromatic ring is 1. The van der Waals surface area contributed by atoms with Gasteiger partial charge >= 0.3 is 0 Å². The van der Waals surface area contributed by atoms with E-state index in [1.807, 2.05) is 55.5 Å². The lowest BCUT2D eigenvalue weighted by molar-refractivity contribution is 0.495. The van der Waals surface area contributed by atoms with Gasteiger partial charge in [-0.3, -0.25) is 0 Å². The van der Waals surface area contributed by atoms with Crippen LogP contribution in [0.2, 0.25) is 0 Å². The van der Waals surface area contributed by atoms with Crippen molar-refractivity contribution >= 4 is 22.7 Å². The van der Waals surface area contributed by atoms with E-state index in [4.69, 9.17) is 5.73 Å². The highest BCUT2D eigenvalue weighted by Gasteiger charge is 1.94. The van der Waals surface area contributed by atoms with Gasteiger partial charge in [0.15, 0.2) is 0 Å². The molecule has 98 valence electrons. The second-order valence-electron chi connectivity index (χ2n) is 4.34. The third kappa shape index (κ3) is 4.08. The minimum absolute atomic E-state index is 0.720. The van der Waals surface area contributed by atoms with Gasteiger partial charge < -0.3 is 11.2 Å². The van der Waals surface area contributed by atoms with Crippen LogP contribution in [-0.4, -0.2) is 19.1 Å². The second-order valence-corrected chi connectivity index (χ2v) is 4.34. The first kappa shape index (κ1) is 13.0. The molecule has 2 aromatic rings. The Morgan fingerprint density at radius 1 is 0.842 bits per heavy atom. The molecule has 2 aromatic carbocycles. The van der Waals surface area contributed by atoms with Gasteiger partial charge in [0.2, 0.25) is 0 Å². The molecule has 0 bridgehead atoms. The van der Waals surface area contributed by atoms with E-state index >= 15 is 0 Å². The maximum atomic E-state index is 5.61. The number of rotatable bonds is 4. The Labute approximate surface area is 112 Å². The number of nitrogens with zero attached hydrogens (tertiary/aromatic N) is 3. The Morgan fingerprint density at radius 2 is 1.32 bits per heavy atom. The third-order valence-corrected chi connectivity index (χ3v) is 2.39. The minimum Gasteiger partial charge on any atom is -0.399 e. The molecule has 5 nitrogen and oxygen atoms in total. The van der Waals surface area contributed by atoms with Crippen LogP contribution < -0.4 is 11.2 Å². The van der Waals surface area contributed by atoms with Crippen LogP contribution in [0.4, 0.5) is 22.7 Å². The molecule has 0 aliphatic heterocycles. The van der Waals surface area contributed by atoms with Crippen molar-refractivity contribution < 1.29 is 0 Å². The van der Waals surface area contributed by atoms with Crippen LogP contribution in [0.1, 0.15) is 0 Å². The summed E-state index contributed by atoms with van der Waals surface area (Å²) in [4.78, 5) is 0. The third-order valence-electron chi connectivity index (χ3n) is 2.39. The molecule has 0 aliphatic rings. The van der Waals surface area contributed by atoms with Crippen LogP contribution in [0.3, 0.4) is 0 Å². The van der Waals surface area contributed by atoms with Gasteiger partial charge in [-0.2, -0.15) is 10.2 Å². The molecule has 3 N–H and O–H groups in total. The molecule has 5 heteroatoms. The molecule has 0 radical (unpaired) electrons. The molecule has 0 saturated carbocycles. The van der Waals surface area contributed by atoms with E-state index in [1.165, 1.54) is 0 Å². The molecule has 0 saturated heterocycles. The lowest BCUT2D eigenvalue weighted by atomic mass is 10.3. The van der Waals surface area contributed by atoms with E-state index in [1.54, 1.807) is 12.1 Å².